The van der Waals surface area contributed by atoms with Crippen LogP contribution in [-0.2, 0) is 14.6 Å². The van der Waals surface area contributed by atoms with Gasteiger partial charge < -0.3 is 0 Å². The van der Waals surface area contributed by atoms with Crippen LogP contribution >= 0.6 is 11.8 Å². The number of sulfone groups is 1. The highest BCUT2D eigenvalue weighted by Gasteiger charge is 2.44. The Labute approximate surface area is 122 Å². The SMILES string of the molecule is Cc1ccc(SC2(C(=O)NO)CCS(=O)(=O)CC2)cc1. The zero-order valence-electron chi connectivity index (χ0n) is 11.1. The number of aryl methyl sites for hydroxylation is 1. The highest BCUT2D eigenvalue weighted by molar-refractivity contribution is 8.01. The van der Waals surface area contributed by atoms with Crippen molar-refractivity contribution in [1.29, 1.82) is 0 Å². The van der Waals surface area contributed by atoms with Crippen molar-refractivity contribution in [1.82, 2.24) is 5.48 Å². The van der Waals surface area contributed by atoms with Gasteiger partial charge in [-0.15, -0.1) is 11.8 Å². The molecular formula is C13H17NO4S2. The molecular weight excluding hydrogens is 298 g/mol. The third kappa shape index (κ3) is 3.34. The van der Waals surface area contributed by atoms with Crippen molar-refractivity contribution in [2.24, 2.45) is 0 Å². The van der Waals surface area contributed by atoms with Crippen LogP contribution in [0, 0.1) is 6.92 Å². The number of thioether (sulfide) groups is 1. The van der Waals surface area contributed by atoms with E-state index in [2.05, 4.69) is 0 Å². The summed E-state index contributed by atoms with van der Waals surface area (Å²) >= 11 is 1.32. The second-order valence-electron chi connectivity index (χ2n) is 5.00. The van der Waals surface area contributed by atoms with Crippen LogP contribution < -0.4 is 5.48 Å². The number of hydroxylamine groups is 1. The molecule has 1 amide bonds. The Bertz CT molecular complexity index is 581. The van der Waals surface area contributed by atoms with E-state index in [1.165, 1.54) is 11.8 Å². The summed E-state index contributed by atoms with van der Waals surface area (Å²) in [7, 11) is -3.07. The molecule has 1 aliphatic rings. The zero-order chi connectivity index (χ0) is 14.8. The predicted octanol–water partition coefficient (Wildman–Crippen LogP) is 1.54. The second kappa shape index (κ2) is 5.75. The lowest BCUT2D eigenvalue weighted by Gasteiger charge is -2.34. The van der Waals surface area contributed by atoms with Crippen molar-refractivity contribution in [2.45, 2.75) is 29.4 Å². The molecule has 20 heavy (non-hydrogen) atoms. The minimum atomic E-state index is -3.07. The lowest BCUT2D eigenvalue weighted by atomic mass is 10.0. The lowest BCUT2D eigenvalue weighted by molar-refractivity contribution is -0.131. The fourth-order valence-corrected chi connectivity index (χ4v) is 5.23. The predicted molar refractivity (Wildman–Crippen MR) is 77.6 cm³/mol. The zero-order valence-corrected chi connectivity index (χ0v) is 12.8. The summed E-state index contributed by atoms with van der Waals surface area (Å²) in [5.41, 5.74) is 2.79. The number of amides is 1. The van der Waals surface area contributed by atoms with Crippen LogP contribution in [0.4, 0.5) is 0 Å². The molecule has 0 unspecified atom stereocenters. The van der Waals surface area contributed by atoms with Crippen molar-refractivity contribution in [3.05, 3.63) is 29.8 Å². The van der Waals surface area contributed by atoms with Crippen LogP contribution in [0.25, 0.3) is 0 Å². The van der Waals surface area contributed by atoms with E-state index in [0.717, 1.165) is 10.5 Å². The standard InChI is InChI=1S/C13H17NO4S2/c1-10-2-4-11(5-3-10)19-13(12(15)14-16)6-8-20(17,18)9-7-13/h2-5,16H,6-9H2,1H3,(H,14,15). The van der Waals surface area contributed by atoms with E-state index in [0.29, 0.717) is 0 Å². The van der Waals surface area contributed by atoms with Gasteiger partial charge in [0.05, 0.1) is 11.5 Å². The molecule has 1 fully saturated rings. The molecule has 2 N–H and O–H groups in total. The number of hydrogen-bond acceptors (Lipinski definition) is 5. The quantitative estimate of drug-likeness (QED) is 0.653. The van der Waals surface area contributed by atoms with Crippen LogP contribution in [0.15, 0.2) is 29.2 Å². The summed E-state index contributed by atoms with van der Waals surface area (Å²) in [6.07, 6.45) is 0.417. The van der Waals surface area contributed by atoms with Crippen LogP contribution in [-0.4, -0.2) is 35.8 Å². The number of nitrogens with one attached hydrogen (secondary N) is 1. The van der Waals surface area contributed by atoms with Gasteiger partial charge >= 0.3 is 0 Å². The molecule has 0 spiro atoms. The van der Waals surface area contributed by atoms with Gasteiger partial charge in [0.2, 0.25) is 0 Å². The lowest BCUT2D eigenvalue weighted by Crippen LogP contribution is -2.48. The summed E-state index contributed by atoms with van der Waals surface area (Å²) < 4.78 is 22.2. The van der Waals surface area contributed by atoms with Gasteiger partial charge in [-0.3, -0.25) is 10.0 Å². The Hall–Kier alpha value is -1.05. The van der Waals surface area contributed by atoms with E-state index in [1.54, 1.807) is 5.48 Å². The molecule has 1 aromatic carbocycles. The molecule has 1 heterocycles. The molecule has 1 saturated heterocycles. The third-order valence-electron chi connectivity index (χ3n) is 3.48. The largest absolute Gasteiger partial charge is 0.289 e. The molecule has 2 rings (SSSR count). The Morgan fingerprint density at radius 3 is 2.30 bits per heavy atom. The van der Waals surface area contributed by atoms with Gasteiger partial charge in [-0.25, -0.2) is 13.9 Å². The van der Waals surface area contributed by atoms with Crippen molar-refractivity contribution in [3.63, 3.8) is 0 Å². The average molecular weight is 315 g/mol. The van der Waals surface area contributed by atoms with E-state index in [-0.39, 0.29) is 24.3 Å². The molecule has 0 aliphatic carbocycles. The average Bonchev–Trinajstić information content (AvgIpc) is 2.43. The van der Waals surface area contributed by atoms with E-state index in [9.17, 15) is 13.2 Å². The number of hydrogen-bond donors (Lipinski definition) is 2. The first-order chi connectivity index (χ1) is 9.37. The van der Waals surface area contributed by atoms with Gasteiger partial charge in [0.25, 0.3) is 5.91 Å². The first-order valence-corrected chi connectivity index (χ1v) is 8.91. The maximum absolute atomic E-state index is 12.0. The highest BCUT2D eigenvalue weighted by Crippen LogP contribution is 2.41. The normalized spacial score (nSPS) is 20.3. The maximum atomic E-state index is 12.0. The molecule has 110 valence electrons. The van der Waals surface area contributed by atoms with Crippen LogP contribution in [0.1, 0.15) is 18.4 Å². The Balaban J connectivity index is 2.24. The summed E-state index contributed by atoms with van der Waals surface area (Å²) in [6, 6.07) is 7.67. The van der Waals surface area contributed by atoms with E-state index >= 15 is 0 Å². The molecule has 0 radical (unpaired) electrons. The number of carbonyl (C=O) groups excluding carboxylic acids is 1. The Kier molecular flexibility index (Phi) is 4.41. The van der Waals surface area contributed by atoms with Crippen LogP contribution in [0.2, 0.25) is 0 Å². The number of benzene rings is 1. The second-order valence-corrected chi connectivity index (χ2v) is 8.76. The molecule has 0 saturated carbocycles. The fraction of sp³-hybridized carbons (Fsp3) is 0.462. The minimum absolute atomic E-state index is 0.0285. The Morgan fingerprint density at radius 2 is 1.80 bits per heavy atom. The maximum Gasteiger partial charge on any atom is 0.259 e. The van der Waals surface area contributed by atoms with Crippen LogP contribution in [0.5, 0.6) is 0 Å². The highest BCUT2D eigenvalue weighted by atomic mass is 32.2. The first-order valence-electron chi connectivity index (χ1n) is 6.28. The molecule has 5 nitrogen and oxygen atoms in total. The monoisotopic (exact) mass is 315 g/mol. The topological polar surface area (TPSA) is 83.5 Å². The molecule has 7 heteroatoms. The summed E-state index contributed by atoms with van der Waals surface area (Å²) in [6.45, 7) is 1.97. The summed E-state index contributed by atoms with van der Waals surface area (Å²) in [4.78, 5) is 12.9. The first kappa shape index (κ1) is 15.3. The summed E-state index contributed by atoms with van der Waals surface area (Å²) in [5, 5.41) is 8.94. The van der Waals surface area contributed by atoms with Gasteiger partial charge in [-0.2, -0.15) is 0 Å². The van der Waals surface area contributed by atoms with Crippen LogP contribution in [0.3, 0.4) is 0 Å². The van der Waals surface area contributed by atoms with Crippen molar-refractivity contribution in [3.8, 4) is 0 Å². The summed E-state index contributed by atoms with van der Waals surface area (Å²) in [5.74, 6) is -0.587. The van der Waals surface area contributed by atoms with Crippen molar-refractivity contribution < 1.29 is 18.4 Å². The molecule has 0 atom stereocenters. The van der Waals surface area contributed by atoms with E-state index < -0.39 is 20.5 Å². The van der Waals surface area contributed by atoms with E-state index in [1.807, 2.05) is 31.2 Å². The van der Waals surface area contributed by atoms with E-state index in [4.69, 9.17) is 5.21 Å². The fourth-order valence-electron chi connectivity index (χ4n) is 2.18. The van der Waals surface area contributed by atoms with Gasteiger partial charge in [0.1, 0.15) is 14.6 Å². The van der Waals surface area contributed by atoms with Gasteiger partial charge in [0, 0.05) is 4.90 Å². The van der Waals surface area contributed by atoms with Gasteiger partial charge in [0.15, 0.2) is 0 Å². The molecule has 1 aromatic rings. The van der Waals surface area contributed by atoms with Crippen molar-refractivity contribution >= 4 is 27.5 Å². The van der Waals surface area contributed by atoms with Gasteiger partial charge in [-0.05, 0) is 31.9 Å². The number of carbonyl (C=O) groups is 1. The minimum Gasteiger partial charge on any atom is -0.289 e. The molecule has 1 aliphatic heterocycles. The van der Waals surface area contributed by atoms with Crippen molar-refractivity contribution in [2.75, 3.05) is 11.5 Å². The van der Waals surface area contributed by atoms with Gasteiger partial charge in [-0.1, -0.05) is 17.7 Å². The Morgan fingerprint density at radius 1 is 1.25 bits per heavy atom. The third-order valence-corrected chi connectivity index (χ3v) is 6.63. The smallest absolute Gasteiger partial charge is 0.259 e. The molecule has 0 bridgehead atoms. The molecule has 0 aromatic heterocycles. The number of rotatable bonds is 3.